The number of aliphatic hydroxyl groups is 1. The summed E-state index contributed by atoms with van der Waals surface area (Å²) in [7, 11) is 0. The van der Waals surface area contributed by atoms with Gasteiger partial charge in [0.25, 0.3) is 0 Å². The number of hydrogen-bond donors (Lipinski definition) is 1. The Hall–Kier alpha value is -0.190. The highest BCUT2D eigenvalue weighted by molar-refractivity contribution is 9.10. The average molecular weight is 277 g/mol. The van der Waals surface area contributed by atoms with Crippen molar-refractivity contribution in [3.63, 3.8) is 0 Å². The first-order valence-electron chi connectivity index (χ1n) is 4.45. The van der Waals surface area contributed by atoms with Crippen molar-refractivity contribution in [2.24, 2.45) is 5.92 Å². The number of thiophene rings is 1. The lowest BCUT2D eigenvalue weighted by molar-refractivity contribution is -0.128. The molecule has 1 rings (SSSR count). The Balaban J connectivity index is 2.62. The van der Waals surface area contributed by atoms with Crippen molar-refractivity contribution in [2.45, 2.75) is 26.4 Å². The number of Topliss-reactive ketones (excluding diaryl/α,β-unsaturated/α-hetero) is 1. The minimum absolute atomic E-state index is 0.0127. The van der Waals surface area contributed by atoms with Gasteiger partial charge in [0, 0.05) is 15.8 Å². The summed E-state index contributed by atoms with van der Waals surface area (Å²) in [6, 6.07) is 1.91. The van der Waals surface area contributed by atoms with Crippen molar-refractivity contribution < 1.29 is 9.90 Å². The number of ketones is 1. The first kappa shape index (κ1) is 11.9. The van der Waals surface area contributed by atoms with Crippen LogP contribution in [0.3, 0.4) is 0 Å². The minimum atomic E-state index is -0.844. The van der Waals surface area contributed by atoms with Gasteiger partial charge in [-0.25, -0.2) is 0 Å². The molecule has 0 aliphatic heterocycles. The van der Waals surface area contributed by atoms with Gasteiger partial charge < -0.3 is 5.11 Å². The quantitative estimate of drug-likeness (QED) is 0.918. The largest absolute Gasteiger partial charge is 0.385 e. The van der Waals surface area contributed by atoms with Gasteiger partial charge in [0.15, 0.2) is 5.78 Å². The lowest BCUT2D eigenvalue weighted by Crippen LogP contribution is -2.27. The summed E-state index contributed by atoms with van der Waals surface area (Å²) in [6.07, 6.45) is -0.526. The summed E-state index contributed by atoms with van der Waals surface area (Å²) in [4.78, 5) is 12.5. The molecule has 78 valence electrons. The van der Waals surface area contributed by atoms with E-state index in [9.17, 15) is 9.90 Å². The maximum absolute atomic E-state index is 11.5. The van der Waals surface area contributed by atoms with Crippen molar-refractivity contribution in [3.8, 4) is 0 Å². The second-order valence-electron chi connectivity index (χ2n) is 3.52. The summed E-state index contributed by atoms with van der Waals surface area (Å²) >= 11 is 4.89. The zero-order chi connectivity index (χ0) is 10.7. The third-order valence-corrected chi connectivity index (χ3v) is 3.91. The molecule has 2 nitrogen and oxygen atoms in total. The van der Waals surface area contributed by atoms with E-state index < -0.39 is 6.10 Å². The Morgan fingerprint density at radius 1 is 1.64 bits per heavy atom. The van der Waals surface area contributed by atoms with E-state index in [1.807, 2.05) is 25.3 Å². The topological polar surface area (TPSA) is 37.3 Å². The summed E-state index contributed by atoms with van der Waals surface area (Å²) in [5.74, 6) is -0.121. The molecule has 0 aliphatic rings. The van der Waals surface area contributed by atoms with Crippen LogP contribution in [0.4, 0.5) is 0 Å². The molecule has 0 bridgehead atoms. The van der Waals surface area contributed by atoms with E-state index in [4.69, 9.17) is 0 Å². The van der Waals surface area contributed by atoms with Gasteiger partial charge in [-0.15, -0.1) is 11.3 Å². The predicted octanol–water partition coefficient (Wildman–Crippen LogP) is 2.64. The third kappa shape index (κ3) is 2.90. The molecule has 4 heteroatoms. The molecule has 0 aromatic carbocycles. The van der Waals surface area contributed by atoms with Crippen LogP contribution in [0, 0.1) is 5.92 Å². The van der Waals surface area contributed by atoms with Crippen molar-refractivity contribution in [1.29, 1.82) is 0 Å². The standard InChI is InChI=1S/C10H13BrO2S/c1-6(2)10(13)8(12)5-9-7(11)3-4-14-9/h3-4,6,10,13H,5H2,1-2H3. The van der Waals surface area contributed by atoms with Gasteiger partial charge in [0.1, 0.15) is 6.10 Å². The summed E-state index contributed by atoms with van der Waals surface area (Å²) < 4.78 is 0.951. The highest BCUT2D eigenvalue weighted by atomic mass is 79.9. The second kappa shape index (κ2) is 5.05. The molecule has 0 amide bonds. The molecule has 0 saturated heterocycles. The zero-order valence-electron chi connectivity index (χ0n) is 8.16. The van der Waals surface area contributed by atoms with Gasteiger partial charge in [-0.1, -0.05) is 13.8 Å². The van der Waals surface area contributed by atoms with Crippen LogP contribution in [0.25, 0.3) is 0 Å². The molecule has 1 N–H and O–H groups in total. The van der Waals surface area contributed by atoms with E-state index in [2.05, 4.69) is 15.9 Å². The molecule has 0 saturated carbocycles. The van der Waals surface area contributed by atoms with Gasteiger partial charge in [-0.2, -0.15) is 0 Å². The van der Waals surface area contributed by atoms with Gasteiger partial charge in [-0.3, -0.25) is 4.79 Å². The van der Waals surface area contributed by atoms with Crippen LogP contribution in [-0.2, 0) is 11.2 Å². The van der Waals surface area contributed by atoms with Crippen molar-refractivity contribution in [3.05, 3.63) is 20.8 Å². The Bertz CT molecular complexity index is 320. The Morgan fingerprint density at radius 3 is 2.71 bits per heavy atom. The van der Waals surface area contributed by atoms with Gasteiger partial charge >= 0.3 is 0 Å². The van der Waals surface area contributed by atoms with E-state index in [-0.39, 0.29) is 11.7 Å². The van der Waals surface area contributed by atoms with Crippen LogP contribution in [0.2, 0.25) is 0 Å². The van der Waals surface area contributed by atoms with Gasteiger partial charge in [0.05, 0.1) is 0 Å². The first-order chi connectivity index (χ1) is 6.52. The molecule has 0 fully saturated rings. The van der Waals surface area contributed by atoms with E-state index in [1.165, 1.54) is 11.3 Å². The smallest absolute Gasteiger partial charge is 0.166 e. The number of carbonyl (C=O) groups excluding carboxylic acids is 1. The van der Waals surface area contributed by atoms with E-state index >= 15 is 0 Å². The number of halogens is 1. The number of aliphatic hydroxyl groups excluding tert-OH is 1. The molecule has 0 aliphatic carbocycles. The van der Waals surface area contributed by atoms with E-state index in [0.29, 0.717) is 6.42 Å². The van der Waals surface area contributed by atoms with Crippen molar-refractivity contribution >= 4 is 33.0 Å². The fourth-order valence-corrected chi connectivity index (χ4v) is 2.59. The van der Waals surface area contributed by atoms with Crippen LogP contribution in [0.5, 0.6) is 0 Å². The summed E-state index contributed by atoms with van der Waals surface area (Å²) in [5.41, 5.74) is 0. The van der Waals surface area contributed by atoms with Crippen LogP contribution < -0.4 is 0 Å². The molecule has 14 heavy (non-hydrogen) atoms. The molecule has 1 aromatic rings. The Labute approximate surface area is 96.1 Å². The highest BCUT2D eigenvalue weighted by Crippen LogP contribution is 2.24. The van der Waals surface area contributed by atoms with E-state index in [1.54, 1.807) is 0 Å². The lowest BCUT2D eigenvalue weighted by atomic mass is 10.0. The normalized spacial score (nSPS) is 13.2. The first-order valence-corrected chi connectivity index (χ1v) is 6.12. The molecule has 0 radical (unpaired) electrons. The minimum Gasteiger partial charge on any atom is -0.385 e. The van der Waals surface area contributed by atoms with Crippen LogP contribution in [-0.4, -0.2) is 17.0 Å². The molecule has 1 atom stereocenters. The monoisotopic (exact) mass is 276 g/mol. The van der Waals surface area contributed by atoms with Crippen LogP contribution >= 0.6 is 27.3 Å². The van der Waals surface area contributed by atoms with Gasteiger partial charge in [0.2, 0.25) is 0 Å². The lowest BCUT2D eigenvalue weighted by Gasteiger charge is -2.12. The highest BCUT2D eigenvalue weighted by Gasteiger charge is 2.20. The van der Waals surface area contributed by atoms with E-state index in [0.717, 1.165) is 9.35 Å². The molecular weight excluding hydrogens is 264 g/mol. The summed E-state index contributed by atoms with van der Waals surface area (Å²) in [6.45, 7) is 3.68. The van der Waals surface area contributed by atoms with Crippen LogP contribution in [0.1, 0.15) is 18.7 Å². The summed E-state index contributed by atoms with van der Waals surface area (Å²) in [5, 5.41) is 11.4. The number of rotatable bonds is 4. The van der Waals surface area contributed by atoms with Crippen molar-refractivity contribution in [2.75, 3.05) is 0 Å². The number of hydrogen-bond acceptors (Lipinski definition) is 3. The molecule has 1 aromatic heterocycles. The third-order valence-electron chi connectivity index (χ3n) is 1.99. The second-order valence-corrected chi connectivity index (χ2v) is 5.38. The average Bonchev–Trinajstić information content (AvgIpc) is 2.50. The molecule has 1 unspecified atom stereocenters. The SMILES string of the molecule is CC(C)C(O)C(=O)Cc1sccc1Br. The Morgan fingerprint density at radius 2 is 2.29 bits per heavy atom. The molecular formula is C10H13BrO2S. The van der Waals surface area contributed by atoms with Crippen LogP contribution in [0.15, 0.2) is 15.9 Å². The maximum atomic E-state index is 11.5. The predicted molar refractivity (Wildman–Crippen MR) is 61.6 cm³/mol. The zero-order valence-corrected chi connectivity index (χ0v) is 10.6. The van der Waals surface area contributed by atoms with Gasteiger partial charge in [-0.05, 0) is 33.3 Å². The van der Waals surface area contributed by atoms with Crippen molar-refractivity contribution in [1.82, 2.24) is 0 Å². The maximum Gasteiger partial charge on any atom is 0.166 e. The molecule has 1 heterocycles. The molecule has 0 spiro atoms. The fourth-order valence-electron chi connectivity index (χ4n) is 1.09. The Kier molecular flexibility index (Phi) is 4.29. The fraction of sp³-hybridized carbons (Fsp3) is 0.500. The number of carbonyl (C=O) groups is 1.